The molecule has 0 heterocycles. The first-order valence-corrected chi connectivity index (χ1v) is 12.3. The van der Waals surface area contributed by atoms with Crippen LogP contribution in [0.15, 0.2) is 47.4 Å². The zero-order valence-corrected chi connectivity index (χ0v) is 19.5. The Labute approximate surface area is 180 Å². The van der Waals surface area contributed by atoms with E-state index < -0.39 is 35.7 Å². The Morgan fingerprint density at radius 2 is 1.41 bits per heavy atom. The Bertz CT molecular complexity index is 977. The Morgan fingerprint density at radius 1 is 0.966 bits per heavy atom. The topological polar surface area (TPSA) is 93.1 Å². The molecule has 160 valence electrons. The lowest BCUT2D eigenvalue weighted by Crippen LogP contribution is -2.32. The van der Waals surface area contributed by atoms with Gasteiger partial charge in [0.1, 0.15) is 0 Å². The molecule has 0 radical (unpaired) electrons. The minimum atomic E-state index is -4.46. The first-order chi connectivity index (χ1) is 13.4. The fourth-order valence-electron chi connectivity index (χ4n) is 2.41. The van der Waals surface area contributed by atoms with Crippen LogP contribution in [-0.2, 0) is 23.6 Å². The minimum Gasteiger partial charge on any atom is -0.505 e. The van der Waals surface area contributed by atoms with Gasteiger partial charge in [-0.25, -0.2) is 13.0 Å². The van der Waals surface area contributed by atoms with Gasteiger partial charge < -0.3 is 5.11 Å². The number of rotatable bonds is 8. The van der Waals surface area contributed by atoms with E-state index in [9.17, 15) is 18.1 Å². The van der Waals surface area contributed by atoms with Crippen LogP contribution in [0.2, 0.25) is 10.0 Å². The van der Waals surface area contributed by atoms with E-state index in [0.29, 0.717) is 4.08 Å². The molecule has 0 amide bonds. The highest BCUT2D eigenvalue weighted by Crippen LogP contribution is 2.59. The van der Waals surface area contributed by atoms with Crippen molar-refractivity contribution in [3.63, 3.8) is 0 Å². The maximum Gasteiger partial charge on any atom is 0.449 e. The molecule has 29 heavy (non-hydrogen) atoms. The fraction of sp³-hybridized carbons (Fsp3) is 0.333. The highest BCUT2D eigenvalue weighted by molar-refractivity contribution is 7.99. The summed E-state index contributed by atoms with van der Waals surface area (Å²) in [5, 5.41) is 9.42. The molecule has 0 aliphatic carbocycles. The molecule has 0 unspecified atom stereocenters. The molecular formula is C18H22Cl2NO6PS. The number of hydrogen-bond donors (Lipinski definition) is 1. The van der Waals surface area contributed by atoms with Gasteiger partial charge in [0.25, 0.3) is 10.0 Å². The van der Waals surface area contributed by atoms with Gasteiger partial charge in [0.2, 0.25) is 0 Å². The molecule has 2 aromatic rings. The summed E-state index contributed by atoms with van der Waals surface area (Å²) < 4.78 is 52.4. The highest BCUT2D eigenvalue weighted by atomic mass is 35.5. The number of anilines is 1. The number of benzene rings is 2. The lowest BCUT2D eigenvalue weighted by atomic mass is 10.3. The molecule has 0 bridgehead atoms. The molecule has 0 aliphatic rings. The SMILES string of the molecule is CC(C)OP(=O)(OC(C)C)N(c1cc(Cl)c(O)c(Cl)c1)S(=O)(=O)c1ccccc1. The van der Waals surface area contributed by atoms with Crippen molar-refractivity contribution in [2.75, 3.05) is 4.08 Å². The molecule has 2 rings (SSSR count). The fourth-order valence-corrected chi connectivity index (χ4v) is 7.22. The second-order valence-electron chi connectivity index (χ2n) is 6.60. The van der Waals surface area contributed by atoms with Gasteiger partial charge in [-0.1, -0.05) is 41.4 Å². The van der Waals surface area contributed by atoms with E-state index in [4.69, 9.17) is 32.2 Å². The van der Waals surface area contributed by atoms with Gasteiger partial charge in [0.05, 0.1) is 32.8 Å². The van der Waals surface area contributed by atoms with Crippen molar-refractivity contribution in [2.45, 2.75) is 44.8 Å². The van der Waals surface area contributed by atoms with Crippen molar-refractivity contribution in [2.24, 2.45) is 0 Å². The van der Waals surface area contributed by atoms with E-state index in [1.807, 2.05) is 0 Å². The Kier molecular flexibility index (Phi) is 7.65. The Balaban J connectivity index is 2.83. The van der Waals surface area contributed by atoms with Crippen molar-refractivity contribution < 1.29 is 27.1 Å². The van der Waals surface area contributed by atoms with Crippen molar-refractivity contribution >= 4 is 46.7 Å². The number of aromatic hydroxyl groups is 1. The van der Waals surface area contributed by atoms with E-state index in [1.165, 1.54) is 24.3 Å². The van der Waals surface area contributed by atoms with Crippen molar-refractivity contribution in [3.8, 4) is 5.75 Å². The zero-order valence-electron chi connectivity index (χ0n) is 16.2. The molecule has 0 aromatic heterocycles. The summed E-state index contributed by atoms with van der Waals surface area (Å²) in [7, 11) is -8.89. The monoisotopic (exact) mass is 481 g/mol. The van der Waals surface area contributed by atoms with E-state index in [1.54, 1.807) is 33.8 Å². The first kappa shape index (κ1) is 24.0. The summed E-state index contributed by atoms with van der Waals surface area (Å²) in [6.07, 6.45) is -1.26. The molecular weight excluding hydrogens is 460 g/mol. The van der Waals surface area contributed by atoms with Crippen LogP contribution in [0.1, 0.15) is 27.7 Å². The van der Waals surface area contributed by atoms with Crippen LogP contribution in [0.3, 0.4) is 0 Å². The maximum absolute atomic E-state index is 13.8. The third-order valence-electron chi connectivity index (χ3n) is 3.40. The number of sulfonamides is 1. The highest BCUT2D eigenvalue weighted by Gasteiger charge is 2.45. The molecule has 0 spiro atoms. The van der Waals surface area contributed by atoms with Gasteiger partial charge in [0.15, 0.2) is 5.75 Å². The van der Waals surface area contributed by atoms with Gasteiger partial charge in [0, 0.05) is 0 Å². The smallest absolute Gasteiger partial charge is 0.449 e. The predicted molar refractivity (Wildman–Crippen MR) is 114 cm³/mol. The summed E-state index contributed by atoms with van der Waals surface area (Å²) in [6.45, 7) is 6.39. The maximum atomic E-state index is 13.8. The van der Waals surface area contributed by atoms with E-state index >= 15 is 0 Å². The normalized spacial score (nSPS) is 12.6. The van der Waals surface area contributed by atoms with Gasteiger partial charge in [-0.2, -0.15) is 4.08 Å². The largest absolute Gasteiger partial charge is 0.505 e. The van der Waals surface area contributed by atoms with Crippen LogP contribution in [0.4, 0.5) is 5.69 Å². The number of hydrogen-bond acceptors (Lipinski definition) is 6. The lowest BCUT2D eigenvalue weighted by molar-refractivity contribution is 0.143. The molecule has 0 fully saturated rings. The number of nitrogens with zero attached hydrogens (tertiary/aromatic N) is 1. The van der Waals surface area contributed by atoms with Crippen LogP contribution < -0.4 is 4.08 Å². The zero-order chi connectivity index (χ0) is 22.0. The standard InChI is InChI=1S/C18H22Cl2NO6PS/c1-12(2)26-28(23,27-13(3)4)21(14-10-16(19)18(22)17(20)11-14)29(24,25)15-8-6-5-7-9-15/h5-13,22H,1-4H3. The Hall–Kier alpha value is -1.28. The summed E-state index contributed by atoms with van der Waals surface area (Å²) in [6, 6.07) is 9.65. The average molecular weight is 482 g/mol. The first-order valence-electron chi connectivity index (χ1n) is 8.64. The summed E-state index contributed by atoms with van der Waals surface area (Å²) in [4.78, 5) is -0.139. The summed E-state index contributed by atoms with van der Waals surface area (Å²) in [5.41, 5.74) is -0.175. The van der Waals surface area contributed by atoms with Crippen molar-refractivity contribution in [1.29, 1.82) is 0 Å². The third kappa shape index (κ3) is 5.45. The van der Waals surface area contributed by atoms with Crippen molar-refractivity contribution in [3.05, 3.63) is 52.5 Å². The van der Waals surface area contributed by atoms with Gasteiger partial charge in [-0.05, 0) is 52.0 Å². The number of phenols is 1. The van der Waals surface area contributed by atoms with Gasteiger partial charge in [-0.15, -0.1) is 0 Å². The van der Waals surface area contributed by atoms with E-state index in [0.717, 1.165) is 12.1 Å². The van der Waals surface area contributed by atoms with Gasteiger partial charge in [-0.3, -0.25) is 9.05 Å². The predicted octanol–water partition coefficient (Wildman–Crippen LogP) is 5.85. The second-order valence-corrected chi connectivity index (χ2v) is 11.2. The number of halogens is 2. The quantitative estimate of drug-likeness (QED) is 0.475. The van der Waals surface area contributed by atoms with Crippen molar-refractivity contribution in [1.82, 2.24) is 0 Å². The third-order valence-corrected chi connectivity index (χ3v) is 8.81. The summed E-state index contributed by atoms with van der Waals surface area (Å²) in [5.74, 6) is -0.432. The van der Waals surface area contributed by atoms with Crippen LogP contribution in [0.25, 0.3) is 0 Å². The molecule has 0 aliphatic heterocycles. The molecule has 1 N–H and O–H groups in total. The Morgan fingerprint density at radius 3 is 1.83 bits per heavy atom. The van der Waals surface area contributed by atoms with E-state index in [-0.39, 0.29) is 20.6 Å². The molecule has 0 atom stereocenters. The lowest BCUT2D eigenvalue weighted by Gasteiger charge is -2.33. The van der Waals surface area contributed by atoms with Crippen LogP contribution >= 0.6 is 30.9 Å². The van der Waals surface area contributed by atoms with Crippen LogP contribution in [0, 0.1) is 0 Å². The van der Waals surface area contributed by atoms with Crippen LogP contribution in [-0.4, -0.2) is 25.7 Å². The minimum absolute atomic E-state index is 0.139. The molecule has 11 heteroatoms. The van der Waals surface area contributed by atoms with Crippen LogP contribution in [0.5, 0.6) is 5.75 Å². The molecule has 0 saturated heterocycles. The average Bonchev–Trinajstić information content (AvgIpc) is 2.58. The second kappa shape index (κ2) is 9.25. The molecule has 7 nitrogen and oxygen atoms in total. The summed E-state index contributed by atoms with van der Waals surface area (Å²) >= 11 is 12.0. The molecule has 0 saturated carbocycles. The number of phenolic OH excluding ortho intramolecular Hbond substituents is 1. The molecule has 2 aromatic carbocycles. The van der Waals surface area contributed by atoms with Gasteiger partial charge >= 0.3 is 7.75 Å². The van der Waals surface area contributed by atoms with E-state index in [2.05, 4.69) is 0 Å².